The summed E-state index contributed by atoms with van der Waals surface area (Å²) in [5.74, 6) is -0.159. The third kappa shape index (κ3) is 4.85. The quantitative estimate of drug-likeness (QED) is 0.313. The molecular formula is C26H22BrFN6O. The number of amides is 1. The topological polar surface area (TPSA) is 77.6 Å². The number of hydrogen-bond acceptors (Lipinski definition) is 4. The Bertz CT molecular complexity index is 1520. The minimum Gasteiger partial charge on any atom is -0.307 e. The fourth-order valence-corrected chi connectivity index (χ4v) is 4.43. The van der Waals surface area contributed by atoms with Crippen LogP contribution in [0.1, 0.15) is 16.8 Å². The van der Waals surface area contributed by atoms with Crippen molar-refractivity contribution in [2.45, 2.75) is 26.9 Å². The maximum Gasteiger partial charge on any atom is 0.247 e. The van der Waals surface area contributed by atoms with Crippen LogP contribution < -0.4 is 5.32 Å². The number of halogens is 2. The number of nitrogens with one attached hydrogen (secondary N) is 1. The van der Waals surface area contributed by atoms with E-state index in [1.165, 1.54) is 17.7 Å². The second-order valence-corrected chi connectivity index (χ2v) is 9.22. The highest BCUT2D eigenvalue weighted by atomic mass is 79.9. The zero-order chi connectivity index (χ0) is 24.5. The first-order valence-electron chi connectivity index (χ1n) is 11.0. The molecule has 9 heteroatoms. The molecule has 5 rings (SSSR count). The molecule has 0 saturated heterocycles. The molecule has 0 aliphatic heterocycles. The Hall–Kier alpha value is -3.85. The zero-order valence-corrected chi connectivity index (χ0v) is 20.8. The highest BCUT2D eigenvalue weighted by molar-refractivity contribution is 9.10. The lowest BCUT2D eigenvalue weighted by Gasteiger charge is -2.06. The van der Waals surface area contributed by atoms with Crippen molar-refractivity contribution in [3.8, 4) is 11.1 Å². The number of carbonyl (C=O) groups is 1. The molecule has 5 aromatic rings. The van der Waals surface area contributed by atoms with E-state index in [1.807, 2.05) is 13.0 Å². The van der Waals surface area contributed by atoms with Gasteiger partial charge in [0.15, 0.2) is 11.5 Å². The number of aryl methyl sites for hydroxylation is 2. The predicted molar refractivity (Wildman–Crippen MR) is 136 cm³/mol. The number of hydrogen-bond donors (Lipinski definition) is 1. The summed E-state index contributed by atoms with van der Waals surface area (Å²) < 4.78 is 17.1. The molecule has 0 saturated carbocycles. The van der Waals surface area contributed by atoms with Crippen LogP contribution in [-0.2, 0) is 17.9 Å². The van der Waals surface area contributed by atoms with Crippen LogP contribution in [0.4, 0.5) is 10.2 Å². The average molecular weight is 533 g/mol. The van der Waals surface area contributed by atoms with Crippen LogP contribution >= 0.6 is 15.9 Å². The van der Waals surface area contributed by atoms with Gasteiger partial charge in [0.1, 0.15) is 12.4 Å². The summed E-state index contributed by atoms with van der Waals surface area (Å²) in [7, 11) is 0. The molecule has 0 unspecified atom stereocenters. The Morgan fingerprint density at radius 3 is 2.51 bits per heavy atom. The smallest absolute Gasteiger partial charge is 0.247 e. The van der Waals surface area contributed by atoms with E-state index < -0.39 is 0 Å². The van der Waals surface area contributed by atoms with Crippen LogP contribution in [0.3, 0.4) is 0 Å². The second-order valence-electron chi connectivity index (χ2n) is 8.36. The lowest BCUT2D eigenvalue weighted by Crippen LogP contribution is -2.20. The van der Waals surface area contributed by atoms with Crippen molar-refractivity contribution in [2.24, 2.45) is 0 Å². The number of fused-ring (bicyclic) bond motifs is 1. The zero-order valence-electron chi connectivity index (χ0n) is 19.2. The molecule has 35 heavy (non-hydrogen) atoms. The highest BCUT2D eigenvalue weighted by Gasteiger charge is 2.17. The van der Waals surface area contributed by atoms with Crippen LogP contribution in [0.5, 0.6) is 0 Å². The number of anilines is 1. The van der Waals surface area contributed by atoms with Gasteiger partial charge in [0, 0.05) is 17.8 Å². The monoisotopic (exact) mass is 532 g/mol. The van der Waals surface area contributed by atoms with Gasteiger partial charge in [0.05, 0.1) is 16.7 Å². The molecule has 7 nitrogen and oxygen atoms in total. The summed E-state index contributed by atoms with van der Waals surface area (Å²) in [6.45, 7) is 4.41. The number of pyridine rings is 1. The number of nitrogens with zero attached hydrogens (tertiary/aromatic N) is 5. The Morgan fingerprint density at radius 2 is 1.77 bits per heavy atom. The van der Waals surface area contributed by atoms with E-state index >= 15 is 0 Å². The Labute approximate surface area is 209 Å². The summed E-state index contributed by atoms with van der Waals surface area (Å²) in [5, 5.41) is 12.8. The van der Waals surface area contributed by atoms with Crippen LogP contribution in [0.2, 0.25) is 0 Å². The molecular weight excluding hydrogens is 511 g/mol. The Balaban J connectivity index is 1.35. The molecule has 3 aromatic heterocycles. The molecule has 0 aliphatic rings. The summed E-state index contributed by atoms with van der Waals surface area (Å²) in [6.07, 6.45) is 3.50. The summed E-state index contributed by atoms with van der Waals surface area (Å²) in [4.78, 5) is 17.4. The van der Waals surface area contributed by atoms with Gasteiger partial charge in [-0.1, -0.05) is 42.0 Å². The number of benzene rings is 2. The molecule has 0 fully saturated rings. The maximum atomic E-state index is 13.1. The van der Waals surface area contributed by atoms with Crippen molar-refractivity contribution in [3.05, 3.63) is 94.1 Å². The average Bonchev–Trinajstić information content (AvgIpc) is 3.34. The van der Waals surface area contributed by atoms with Gasteiger partial charge in [-0.05, 0) is 64.7 Å². The lowest BCUT2D eigenvalue weighted by molar-refractivity contribution is -0.116. The maximum absolute atomic E-state index is 13.1. The Morgan fingerprint density at radius 1 is 1.03 bits per heavy atom. The van der Waals surface area contributed by atoms with Gasteiger partial charge < -0.3 is 5.32 Å². The first-order chi connectivity index (χ1) is 16.9. The fraction of sp³-hybridized carbons (Fsp3) is 0.154. The third-order valence-electron chi connectivity index (χ3n) is 5.70. The molecule has 0 spiro atoms. The van der Waals surface area contributed by atoms with Crippen molar-refractivity contribution < 1.29 is 9.18 Å². The van der Waals surface area contributed by atoms with Crippen LogP contribution in [0.25, 0.3) is 22.2 Å². The van der Waals surface area contributed by atoms with Gasteiger partial charge >= 0.3 is 0 Å². The van der Waals surface area contributed by atoms with Crippen LogP contribution in [-0.4, -0.2) is 30.5 Å². The predicted octanol–water partition coefficient (Wildman–Crippen LogP) is 5.50. The van der Waals surface area contributed by atoms with E-state index in [4.69, 9.17) is 0 Å². The fourth-order valence-electron chi connectivity index (χ4n) is 4.01. The highest BCUT2D eigenvalue weighted by Crippen LogP contribution is 2.30. The molecule has 1 N–H and O–H groups in total. The van der Waals surface area contributed by atoms with Gasteiger partial charge in [-0.2, -0.15) is 10.2 Å². The van der Waals surface area contributed by atoms with Crippen molar-refractivity contribution in [1.29, 1.82) is 0 Å². The molecule has 0 aliphatic carbocycles. The molecule has 2 aromatic carbocycles. The number of carbonyl (C=O) groups excluding carboxylic acids is 1. The van der Waals surface area contributed by atoms with Gasteiger partial charge in [-0.3, -0.25) is 9.48 Å². The van der Waals surface area contributed by atoms with Gasteiger partial charge in [0.2, 0.25) is 5.91 Å². The van der Waals surface area contributed by atoms with Crippen molar-refractivity contribution in [3.63, 3.8) is 0 Å². The van der Waals surface area contributed by atoms with E-state index in [2.05, 4.69) is 67.6 Å². The first-order valence-corrected chi connectivity index (χ1v) is 11.8. The molecule has 1 amide bonds. The second kappa shape index (κ2) is 9.42. The largest absolute Gasteiger partial charge is 0.307 e. The molecule has 3 heterocycles. The molecule has 0 atom stereocenters. The van der Waals surface area contributed by atoms with E-state index in [1.54, 1.807) is 33.9 Å². The minimum absolute atomic E-state index is 0.00798. The molecule has 176 valence electrons. The number of aromatic nitrogens is 5. The van der Waals surface area contributed by atoms with E-state index in [-0.39, 0.29) is 18.3 Å². The van der Waals surface area contributed by atoms with E-state index in [0.717, 1.165) is 27.8 Å². The van der Waals surface area contributed by atoms with Crippen molar-refractivity contribution >= 4 is 38.7 Å². The minimum atomic E-state index is -0.287. The van der Waals surface area contributed by atoms with Gasteiger partial charge in [-0.25, -0.2) is 14.1 Å². The Kier molecular flexibility index (Phi) is 6.17. The van der Waals surface area contributed by atoms with Crippen LogP contribution in [0, 0.1) is 19.7 Å². The SMILES string of the molecule is Cc1ccc(-c2ccnc3c2c(C)nn3CC(=O)Nc2nn(Cc3ccc(F)cc3)cc2Br)cc1. The van der Waals surface area contributed by atoms with Gasteiger partial charge in [-0.15, -0.1) is 0 Å². The van der Waals surface area contributed by atoms with Crippen molar-refractivity contribution in [2.75, 3.05) is 5.32 Å². The summed E-state index contributed by atoms with van der Waals surface area (Å²) in [6, 6.07) is 16.5. The number of rotatable bonds is 6. The molecule has 0 bridgehead atoms. The summed E-state index contributed by atoms with van der Waals surface area (Å²) >= 11 is 3.45. The standard InChI is InChI=1S/C26H22BrFN6O/c1-16-3-7-19(8-4-16)21-11-12-29-26-24(21)17(2)31-34(26)15-23(35)30-25-22(27)14-33(32-25)13-18-5-9-20(28)10-6-18/h3-12,14H,13,15H2,1-2H3,(H,30,32,35). The normalized spacial score (nSPS) is 11.2. The van der Waals surface area contributed by atoms with Gasteiger partial charge in [0.25, 0.3) is 0 Å². The summed E-state index contributed by atoms with van der Waals surface area (Å²) in [5.41, 5.74) is 5.65. The van der Waals surface area contributed by atoms with Crippen molar-refractivity contribution in [1.82, 2.24) is 24.5 Å². The van der Waals surface area contributed by atoms with Crippen LogP contribution in [0.15, 0.2) is 71.5 Å². The lowest BCUT2D eigenvalue weighted by atomic mass is 10.0. The molecule has 0 radical (unpaired) electrons. The van der Waals surface area contributed by atoms with E-state index in [0.29, 0.717) is 22.5 Å². The third-order valence-corrected chi connectivity index (χ3v) is 6.28. The first kappa shape index (κ1) is 22.9. The van der Waals surface area contributed by atoms with E-state index in [9.17, 15) is 9.18 Å².